The van der Waals surface area contributed by atoms with Crippen LogP contribution in [-0.4, -0.2) is 25.2 Å². The van der Waals surface area contributed by atoms with Crippen LogP contribution < -0.4 is 9.62 Å². The number of hydrogen-bond donors (Lipinski definition) is 1. The molecule has 130 valence electrons. The summed E-state index contributed by atoms with van der Waals surface area (Å²) < 4.78 is 27.6. The SMILES string of the molecule is Cc1cc(S(=O)(=O)Nc2ncccc2C)ccc1N1C(=O)CCC1=O. The fraction of sp³-hybridized carbons (Fsp3) is 0.235. The van der Waals surface area contributed by atoms with Crippen LogP contribution in [0.2, 0.25) is 0 Å². The average Bonchev–Trinajstić information content (AvgIpc) is 2.88. The lowest BCUT2D eigenvalue weighted by Gasteiger charge is -2.17. The number of rotatable bonds is 4. The standard InChI is InChI=1S/C17H17N3O4S/c1-11-4-3-9-18-17(11)19-25(23,24)13-5-6-14(12(2)10-13)20-15(21)7-8-16(20)22/h3-6,9-10H,7-8H2,1-2H3,(H,18,19). The molecule has 1 aliphatic rings. The fourth-order valence-corrected chi connectivity index (χ4v) is 3.84. The molecule has 25 heavy (non-hydrogen) atoms. The van der Waals surface area contributed by atoms with Crippen molar-refractivity contribution < 1.29 is 18.0 Å². The maximum Gasteiger partial charge on any atom is 0.263 e. The second-order valence-electron chi connectivity index (χ2n) is 5.85. The number of sulfonamides is 1. The Morgan fingerprint density at radius 2 is 1.72 bits per heavy atom. The zero-order valence-electron chi connectivity index (χ0n) is 13.8. The van der Waals surface area contributed by atoms with Gasteiger partial charge in [-0.1, -0.05) is 6.07 Å². The van der Waals surface area contributed by atoms with Crippen LogP contribution >= 0.6 is 0 Å². The first-order valence-corrected chi connectivity index (χ1v) is 9.19. The van der Waals surface area contributed by atoms with Crippen molar-refractivity contribution in [1.29, 1.82) is 0 Å². The molecule has 0 aliphatic carbocycles. The summed E-state index contributed by atoms with van der Waals surface area (Å²) in [4.78, 5) is 28.9. The molecule has 0 unspecified atom stereocenters. The largest absolute Gasteiger partial charge is 0.274 e. The number of aromatic nitrogens is 1. The van der Waals surface area contributed by atoms with Gasteiger partial charge in [-0.25, -0.2) is 13.4 Å². The van der Waals surface area contributed by atoms with Gasteiger partial charge < -0.3 is 0 Å². The van der Waals surface area contributed by atoms with Crippen molar-refractivity contribution in [1.82, 2.24) is 4.98 Å². The number of hydrogen-bond acceptors (Lipinski definition) is 5. The summed E-state index contributed by atoms with van der Waals surface area (Å²) in [6.45, 7) is 3.42. The maximum absolute atomic E-state index is 12.6. The maximum atomic E-state index is 12.6. The molecule has 1 aromatic carbocycles. The molecule has 2 heterocycles. The Labute approximate surface area is 145 Å². The van der Waals surface area contributed by atoms with Crippen LogP contribution in [0.25, 0.3) is 0 Å². The Bertz CT molecular complexity index is 954. The van der Waals surface area contributed by atoms with Gasteiger partial charge in [-0.05, 0) is 49.2 Å². The van der Waals surface area contributed by atoms with Gasteiger partial charge in [0.1, 0.15) is 5.82 Å². The number of benzene rings is 1. The topological polar surface area (TPSA) is 96.4 Å². The number of amides is 2. The summed E-state index contributed by atoms with van der Waals surface area (Å²) >= 11 is 0. The summed E-state index contributed by atoms with van der Waals surface area (Å²) in [6, 6.07) is 7.77. The van der Waals surface area contributed by atoms with Gasteiger partial charge in [-0.3, -0.25) is 19.2 Å². The molecule has 0 atom stereocenters. The molecule has 0 saturated carbocycles. The Morgan fingerprint density at radius 3 is 2.32 bits per heavy atom. The van der Waals surface area contributed by atoms with Crippen LogP contribution in [0.1, 0.15) is 24.0 Å². The van der Waals surface area contributed by atoms with E-state index in [2.05, 4.69) is 9.71 Å². The van der Waals surface area contributed by atoms with Crippen LogP contribution in [0.3, 0.4) is 0 Å². The number of carbonyl (C=O) groups is 2. The van der Waals surface area contributed by atoms with E-state index in [1.165, 1.54) is 24.4 Å². The number of nitrogens with zero attached hydrogens (tertiary/aromatic N) is 2. The first-order valence-electron chi connectivity index (χ1n) is 7.70. The number of carbonyl (C=O) groups excluding carboxylic acids is 2. The predicted molar refractivity (Wildman–Crippen MR) is 92.7 cm³/mol. The molecule has 2 amide bonds. The smallest absolute Gasteiger partial charge is 0.263 e. The number of imide groups is 1. The van der Waals surface area contributed by atoms with Crippen LogP contribution in [-0.2, 0) is 19.6 Å². The highest BCUT2D eigenvalue weighted by atomic mass is 32.2. The molecule has 1 N–H and O–H groups in total. The normalized spacial score (nSPS) is 14.9. The molecule has 0 bridgehead atoms. The van der Waals surface area contributed by atoms with Crippen molar-refractivity contribution in [2.45, 2.75) is 31.6 Å². The van der Waals surface area contributed by atoms with Crippen LogP contribution in [0.5, 0.6) is 0 Å². The van der Waals surface area contributed by atoms with E-state index >= 15 is 0 Å². The Balaban J connectivity index is 1.93. The number of anilines is 2. The summed E-state index contributed by atoms with van der Waals surface area (Å²) in [5.41, 5.74) is 1.65. The lowest BCUT2D eigenvalue weighted by Crippen LogP contribution is -2.29. The molecule has 1 fully saturated rings. The third-order valence-electron chi connectivity index (χ3n) is 4.01. The molecule has 2 aromatic rings. The third-order valence-corrected chi connectivity index (χ3v) is 5.35. The van der Waals surface area contributed by atoms with E-state index in [9.17, 15) is 18.0 Å². The van der Waals surface area contributed by atoms with E-state index in [0.717, 1.165) is 4.90 Å². The van der Waals surface area contributed by atoms with Gasteiger partial charge in [0.05, 0.1) is 10.6 Å². The van der Waals surface area contributed by atoms with E-state index in [1.807, 2.05) is 0 Å². The molecule has 1 saturated heterocycles. The quantitative estimate of drug-likeness (QED) is 0.844. The van der Waals surface area contributed by atoms with Gasteiger partial charge in [0.25, 0.3) is 10.0 Å². The first kappa shape index (κ1) is 17.1. The van der Waals surface area contributed by atoms with Crippen LogP contribution in [0, 0.1) is 13.8 Å². The monoisotopic (exact) mass is 359 g/mol. The van der Waals surface area contributed by atoms with E-state index in [-0.39, 0.29) is 35.4 Å². The summed E-state index contributed by atoms with van der Waals surface area (Å²) in [6.07, 6.45) is 1.86. The third kappa shape index (κ3) is 3.25. The molecule has 0 spiro atoms. The van der Waals surface area contributed by atoms with Crippen LogP contribution in [0.15, 0.2) is 41.4 Å². The average molecular weight is 359 g/mol. The summed E-state index contributed by atoms with van der Waals surface area (Å²) in [5, 5.41) is 0. The molecule has 0 radical (unpaired) electrons. The van der Waals surface area contributed by atoms with Gasteiger partial charge in [0, 0.05) is 19.0 Å². The predicted octanol–water partition coefficient (Wildman–Crippen LogP) is 2.15. The molecule has 3 rings (SSSR count). The van der Waals surface area contributed by atoms with Gasteiger partial charge >= 0.3 is 0 Å². The van der Waals surface area contributed by atoms with Crippen molar-refractivity contribution in [3.63, 3.8) is 0 Å². The van der Waals surface area contributed by atoms with E-state index in [1.54, 1.807) is 26.0 Å². The van der Waals surface area contributed by atoms with Crippen molar-refractivity contribution in [3.05, 3.63) is 47.7 Å². The zero-order valence-corrected chi connectivity index (χ0v) is 14.6. The Kier molecular flexibility index (Phi) is 4.30. The molecular formula is C17H17N3O4S. The fourth-order valence-electron chi connectivity index (χ4n) is 2.67. The Morgan fingerprint density at radius 1 is 1.04 bits per heavy atom. The minimum atomic E-state index is -3.83. The molecular weight excluding hydrogens is 342 g/mol. The summed E-state index contributed by atoms with van der Waals surface area (Å²) in [5.74, 6) is -0.286. The number of aryl methyl sites for hydroxylation is 2. The summed E-state index contributed by atoms with van der Waals surface area (Å²) in [7, 11) is -3.83. The van der Waals surface area contributed by atoms with Gasteiger partial charge in [-0.2, -0.15) is 0 Å². The van der Waals surface area contributed by atoms with Crippen LogP contribution in [0.4, 0.5) is 11.5 Å². The van der Waals surface area contributed by atoms with Gasteiger partial charge in [0.2, 0.25) is 11.8 Å². The van der Waals surface area contributed by atoms with E-state index in [0.29, 0.717) is 16.8 Å². The van der Waals surface area contributed by atoms with Gasteiger partial charge in [0.15, 0.2) is 0 Å². The van der Waals surface area contributed by atoms with Crippen molar-refractivity contribution in [3.8, 4) is 0 Å². The zero-order chi connectivity index (χ0) is 18.2. The molecule has 1 aliphatic heterocycles. The number of pyridine rings is 1. The first-order chi connectivity index (χ1) is 11.8. The highest BCUT2D eigenvalue weighted by Gasteiger charge is 2.31. The van der Waals surface area contributed by atoms with E-state index < -0.39 is 10.0 Å². The molecule has 1 aromatic heterocycles. The minimum absolute atomic E-state index is 0.0397. The number of nitrogens with one attached hydrogen (secondary N) is 1. The highest BCUT2D eigenvalue weighted by molar-refractivity contribution is 7.92. The lowest BCUT2D eigenvalue weighted by atomic mass is 10.2. The second-order valence-corrected chi connectivity index (χ2v) is 7.53. The highest BCUT2D eigenvalue weighted by Crippen LogP contribution is 2.28. The van der Waals surface area contributed by atoms with E-state index in [4.69, 9.17) is 0 Å². The minimum Gasteiger partial charge on any atom is -0.274 e. The molecule has 7 nitrogen and oxygen atoms in total. The molecule has 8 heteroatoms. The van der Waals surface area contributed by atoms with Crippen molar-refractivity contribution >= 4 is 33.3 Å². The Hall–Kier alpha value is -2.74. The van der Waals surface area contributed by atoms with Gasteiger partial charge in [-0.15, -0.1) is 0 Å². The lowest BCUT2D eigenvalue weighted by molar-refractivity contribution is -0.121. The van der Waals surface area contributed by atoms with Crippen molar-refractivity contribution in [2.75, 3.05) is 9.62 Å². The second kappa shape index (κ2) is 6.29. The van der Waals surface area contributed by atoms with Crippen molar-refractivity contribution in [2.24, 2.45) is 0 Å².